The third-order valence-electron chi connectivity index (χ3n) is 4.29. The van der Waals surface area contributed by atoms with Gasteiger partial charge in [0.15, 0.2) is 0 Å². The normalized spacial score (nSPS) is 20.4. The van der Waals surface area contributed by atoms with Gasteiger partial charge in [-0.05, 0) is 36.0 Å². The van der Waals surface area contributed by atoms with Gasteiger partial charge in [0.05, 0.1) is 7.11 Å². The quantitative estimate of drug-likeness (QED) is 0.896. The predicted molar refractivity (Wildman–Crippen MR) is 78.8 cm³/mol. The molecule has 1 aromatic rings. The SMILES string of the molecule is COc1ccc(C(N)C2(C)CCCCC2)c(Br)c1. The van der Waals surface area contributed by atoms with Crippen LogP contribution < -0.4 is 10.5 Å². The Morgan fingerprint density at radius 3 is 2.50 bits per heavy atom. The van der Waals surface area contributed by atoms with Gasteiger partial charge in [0.25, 0.3) is 0 Å². The summed E-state index contributed by atoms with van der Waals surface area (Å²) in [6.45, 7) is 2.33. The second-order valence-corrected chi connectivity index (χ2v) is 6.43. The molecule has 0 saturated heterocycles. The highest BCUT2D eigenvalue weighted by atomic mass is 79.9. The van der Waals surface area contributed by atoms with Gasteiger partial charge in [-0.2, -0.15) is 0 Å². The summed E-state index contributed by atoms with van der Waals surface area (Å²) in [5.41, 5.74) is 7.95. The number of benzene rings is 1. The minimum atomic E-state index is 0.0954. The Bertz CT molecular complexity index is 413. The van der Waals surface area contributed by atoms with Crippen molar-refractivity contribution in [2.45, 2.75) is 45.1 Å². The molecule has 0 bridgehead atoms. The second-order valence-electron chi connectivity index (χ2n) is 5.58. The first kappa shape index (κ1) is 13.9. The lowest BCUT2D eigenvalue weighted by Gasteiger charge is -2.39. The lowest BCUT2D eigenvalue weighted by molar-refractivity contribution is 0.170. The van der Waals surface area contributed by atoms with Gasteiger partial charge in [-0.3, -0.25) is 0 Å². The highest BCUT2D eigenvalue weighted by Crippen LogP contribution is 2.46. The highest BCUT2D eigenvalue weighted by Gasteiger charge is 2.34. The van der Waals surface area contributed by atoms with Gasteiger partial charge < -0.3 is 10.5 Å². The van der Waals surface area contributed by atoms with E-state index in [-0.39, 0.29) is 11.5 Å². The van der Waals surface area contributed by atoms with E-state index in [2.05, 4.69) is 28.9 Å². The molecule has 100 valence electrons. The van der Waals surface area contributed by atoms with E-state index in [0.29, 0.717) is 0 Å². The lowest BCUT2D eigenvalue weighted by atomic mass is 9.69. The van der Waals surface area contributed by atoms with E-state index in [9.17, 15) is 0 Å². The summed E-state index contributed by atoms with van der Waals surface area (Å²) in [7, 11) is 1.68. The Morgan fingerprint density at radius 2 is 1.94 bits per heavy atom. The number of hydrogen-bond donors (Lipinski definition) is 1. The molecule has 3 heteroatoms. The maximum absolute atomic E-state index is 6.53. The number of ether oxygens (including phenoxy) is 1. The van der Waals surface area contributed by atoms with Crippen LogP contribution in [-0.2, 0) is 0 Å². The van der Waals surface area contributed by atoms with E-state index in [1.165, 1.54) is 37.7 Å². The molecule has 2 N–H and O–H groups in total. The van der Waals surface area contributed by atoms with E-state index >= 15 is 0 Å². The topological polar surface area (TPSA) is 35.2 Å². The molecular formula is C15H22BrNO. The summed E-state index contributed by atoms with van der Waals surface area (Å²) in [4.78, 5) is 0. The van der Waals surface area contributed by atoms with E-state index in [1.54, 1.807) is 7.11 Å². The number of halogens is 1. The molecule has 1 aliphatic carbocycles. The van der Waals surface area contributed by atoms with Crippen LogP contribution in [0.4, 0.5) is 0 Å². The maximum atomic E-state index is 6.53. The van der Waals surface area contributed by atoms with Gasteiger partial charge in [0.1, 0.15) is 5.75 Å². The van der Waals surface area contributed by atoms with Crippen molar-refractivity contribution in [1.29, 1.82) is 0 Å². The van der Waals surface area contributed by atoms with Crippen LogP contribution in [0.15, 0.2) is 22.7 Å². The molecule has 1 aromatic carbocycles. The van der Waals surface area contributed by atoms with Crippen LogP contribution in [0.3, 0.4) is 0 Å². The van der Waals surface area contributed by atoms with Crippen molar-refractivity contribution >= 4 is 15.9 Å². The fraction of sp³-hybridized carbons (Fsp3) is 0.600. The van der Waals surface area contributed by atoms with Crippen molar-refractivity contribution in [2.24, 2.45) is 11.1 Å². The Balaban J connectivity index is 2.24. The predicted octanol–water partition coefficient (Wildman–Crippen LogP) is 4.43. The summed E-state index contributed by atoms with van der Waals surface area (Å²) < 4.78 is 6.29. The van der Waals surface area contributed by atoms with E-state index in [4.69, 9.17) is 10.5 Å². The summed E-state index contributed by atoms with van der Waals surface area (Å²) in [6.07, 6.45) is 6.42. The van der Waals surface area contributed by atoms with Crippen LogP contribution in [0.25, 0.3) is 0 Å². The van der Waals surface area contributed by atoms with Crippen molar-refractivity contribution in [1.82, 2.24) is 0 Å². The third-order valence-corrected chi connectivity index (χ3v) is 4.98. The standard InChI is InChI=1S/C15H22BrNO/c1-15(8-4-3-5-9-15)14(17)12-7-6-11(18-2)10-13(12)16/h6-7,10,14H,3-5,8-9,17H2,1-2H3. The molecule has 0 aliphatic heterocycles. The Labute approximate surface area is 118 Å². The van der Waals surface area contributed by atoms with Crippen molar-refractivity contribution in [3.8, 4) is 5.75 Å². The molecule has 1 fully saturated rings. The molecule has 0 spiro atoms. The number of methoxy groups -OCH3 is 1. The van der Waals surface area contributed by atoms with Crippen molar-refractivity contribution in [3.05, 3.63) is 28.2 Å². The zero-order valence-corrected chi connectivity index (χ0v) is 12.8. The monoisotopic (exact) mass is 311 g/mol. The average Bonchev–Trinajstić information content (AvgIpc) is 2.38. The van der Waals surface area contributed by atoms with Gasteiger partial charge in [-0.15, -0.1) is 0 Å². The van der Waals surface area contributed by atoms with E-state index in [1.807, 2.05) is 12.1 Å². The molecule has 2 rings (SSSR count). The van der Waals surface area contributed by atoms with Crippen LogP contribution >= 0.6 is 15.9 Å². The smallest absolute Gasteiger partial charge is 0.120 e. The van der Waals surface area contributed by atoms with Crippen LogP contribution in [0.1, 0.15) is 50.6 Å². The van der Waals surface area contributed by atoms with Crippen LogP contribution in [0.5, 0.6) is 5.75 Å². The first-order valence-electron chi connectivity index (χ1n) is 6.66. The summed E-state index contributed by atoms with van der Waals surface area (Å²) in [5, 5.41) is 0. The Morgan fingerprint density at radius 1 is 1.28 bits per heavy atom. The molecule has 0 heterocycles. The molecule has 18 heavy (non-hydrogen) atoms. The number of hydrogen-bond acceptors (Lipinski definition) is 2. The Kier molecular flexibility index (Phi) is 4.33. The molecule has 1 unspecified atom stereocenters. The Hall–Kier alpha value is -0.540. The minimum Gasteiger partial charge on any atom is -0.497 e. The van der Waals surface area contributed by atoms with E-state index < -0.39 is 0 Å². The van der Waals surface area contributed by atoms with Crippen LogP contribution in [0.2, 0.25) is 0 Å². The van der Waals surface area contributed by atoms with Crippen molar-refractivity contribution < 1.29 is 4.74 Å². The van der Waals surface area contributed by atoms with Crippen molar-refractivity contribution in [2.75, 3.05) is 7.11 Å². The number of nitrogens with two attached hydrogens (primary N) is 1. The van der Waals surface area contributed by atoms with Gasteiger partial charge in [0, 0.05) is 10.5 Å². The molecule has 0 aromatic heterocycles. The second kappa shape index (κ2) is 5.62. The zero-order chi connectivity index (χ0) is 13.2. The molecule has 1 atom stereocenters. The van der Waals surface area contributed by atoms with Crippen molar-refractivity contribution in [3.63, 3.8) is 0 Å². The fourth-order valence-corrected chi connectivity index (χ4v) is 3.54. The first-order valence-corrected chi connectivity index (χ1v) is 7.45. The number of rotatable bonds is 3. The van der Waals surface area contributed by atoms with Gasteiger partial charge in [-0.1, -0.05) is 48.2 Å². The van der Waals surface area contributed by atoms with Crippen LogP contribution in [-0.4, -0.2) is 7.11 Å². The fourth-order valence-electron chi connectivity index (χ4n) is 2.93. The molecule has 1 saturated carbocycles. The van der Waals surface area contributed by atoms with Crippen LogP contribution in [0, 0.1) is 5.41 Å². The zero-order valence-electron chi connectivity index (χ0n) is 11.2. The summed E-state index contributed by atoms with van der Waals surface area (Å²) in [5.74, 6) is 0.867. The summed E-state index contributed by atoms with van der Waals surface area (Å²) >= 11 is 3.62. The maximum Gasteiger partial charge on any atom is 0.120 e. The lowest BCUT2D eigenvalue weighted by Crippen LogP contribution is -2.34. The molecule has 0 radical (unpaired) electrons. The highest BCUT2D eigenvalue weighted by molar-refractivity contribution is 9.10. The molecule has 0 amide bonds. The van der Waals surface area contributed by atoms with Gasteiger partial charge >= 0.3 is 0 Å². The first-order chi connectivity index (χ1) is 8.57. The van der Waals surface area contributed by atoms with Gasteiger partial charge in [-0.25, -0.2) is 0 Å². The van der Waals surface area contributed by atoms with E-state index in [0.717, 1.165) is 10.2 Å². The summed E-state index contributed by atoms with van der Waals surface area (Å²) in [6, 6.07) is 6.18. The molecule has 1 aliphatic rings. The largest absolute Gasteiger partial charge is 0.497 e. The van der Waals surface area contributed by atoms with Gasteiger partial charge in [0.2, 0.25) is 0 Å². The molecular weight excluding hydrogens is 290 g/mol. The molecule has 2 nitrogen and oxygen atoms in total. The minimum absolute atomic E-state index is 0.0954. The third kappa shape index (κ3) is 2.72. The average molecular weight is 312 g/mol.